The van der Waals surface area contributed by atoms with Crippen molar-refractivity contribution in [2.45, 2.75) is 32.5 Å². The number of benzene rings is 2. The van der Waals surface area contributed by atoms with E-state index in [2.05, 4.69) is 0 Å². The molecule has 0 bridgehead atoms. The summed E-state index contributed by atoms with van der Waals surface area (Å²) in [5.41, 5.74) is 1.83. The largest absolute Gasteiger partial charge is 0.372 e. The predicted molar refractivity (Wildman–Crippen MR) is 91.3 cm³/mol. The molecule has 1 atom stereocenters. The van der Waals surface area contributed by atoms with E-state index in [1.165, 1.54) is 12.1 Å². The number of halogens is 2. The first-order valence-electron chi connectivity index (χ1n) is 8.45. The van der Waals surface area contributed by atoms with Crippen molar-refractivity contribution in [1.29, 1.82) is 0 Å². The van der Waals surface area contributed by atoms with Crippen LogP contribution in [0.2, 0.25) is 0 Å². The van der Waals surface area contributed by atoms with Gasteiger partial charge < -0.3 is 9.64 Å². The lowest BCUT2D eigenvalue weighted by Crippen LogP contribution is -2.43. The highest BCUT2D eigenvalue weighted by Crippen LogP contribution is 2.20. The lowest BCUT2D eigenvalue weighted by Gasteiger charge is -2.33. The van der Waals surface area contributed by atoms with E-state index in [9.17, 15) is 13.6 Å². The number of carbonyl (C=O) groups excluding carboxylic acids is 1. The number of amides is 1. The van der Waals surface area contributed by atoms with Crippen LogP contribution in [0, 0.1) is 18.6 Å². The minimum atomic E-state index is -0.874. The Bertz CT molecular complexity index is 763. The van der Waals surface area contributed by atoms with Gasteiger partial charge in [-0.25, -0.2) is 8.78 Å². The van der Waals surface area contributed by atoms with Crippen LogP contribution in [0.4, 0.5) is 8.78 Å². The van der Waals surface area contributed by atoms with Crippen molar-refractivity contribution in [3.63, 3.8) is 0 Å². The fourth-order valence-corrected chi connectivity index (χ4v) is 3.11. The van der Waals surface area contributed by atoms with Crippen molar-refractivity contribution in [3.8, 4) is 0 Å². The van der Waals surface area contributed by atoms with Gasteiger partial charge in [-0.05, 0) is 37.5 Å². The van der Waals surface area contributed by atoms with Gasteiger partial charge in [0.15, 0.2) is 11.6 Å². The van der Waals surface area contributed by atoms with Crippen molar-refractivity contribution in [1.82, 2.24) is 4.90 Å². The molecule has 3 rings (SSSR count). The van der Waals surface area contributed by atoms with E-state index in [0.29, 0.717) is 18.7 Å². The zero-order valence-corrected chi connectivity index (χ0v) is 14.2. The van der Waals surface area contributed by atoms with Gasteiger partial charge in [-0.1, -0.05) is 30.3 Å². The number of nitrogens with zero attached hydrogens (tertiary/aromatic N) is 1. The Kier molecular flexibility index (Phi) is 5.43. The van der Waals surface area contributed by atoms with Gasteiger partial charge in [0.2, 0.25) is 0 Å². The van der Waals surface area contributed by atoms with E-state index >= 15 is 0 Å². The van der Waals surface area contributed by atoms with Crippen LogP contribution in [0.1, 0.15) is 34.3 Å². The van der Waals surface area contributed by atoms with Crippen molar-refractivity contribution < 1.29 is 18.3 Å². The molecule has 25 heavy (non-hydrogen) atoms. The van der Waals surface area contributed by atoms with E-state index in [-0.39, 0.29) is 24.2 Å². The van der Waals surface area contributed by atoms with E-state index in [1.54, 1.807) is 4.90 Å². The predicted octanol–water partition coefficient (Wildman–Crippen LogP) is 4.09. The molecule has 1 fully saturated rings. The summed E-state index contributed by atoms with van der Waals surface area (Å²) in [6, 6.07) is 11.6. The third kappa shape index (κ3) is 4.04. The Hall–Kier alpha value is -2.27. The summed E-state index contributed by atoms with van der Waals surface area (Å²) < 4.78 is 32.7. The van der Waals surface area contributed by atoms with Crippen LogP contribution in [0.3, 0.4) is 0 Å². The number of hydrogen-bond acceptors (Lipinski definition) is 2. The third-order valence-electron chi connectivity index (χ3n) is 4.55. The summed E-state index contributed by atoms with van der Waals surface area (Å²) >= 11 is 0. The second-order valence-corrected chi connectivity index (χ2v) is 6.35. The lowest BCUT2D eigenvalue weighted by atomic mass is 10.0. The maximum atomic E-state index is 13.7. The third-order valence-corrected chi connectivity index (χ3v) is 4.55. The molecule has 132 valence electrons. The molecule has 1 heterocycles. The van der Waals surface area contributed by atoms with Crippen LogP contribution in [0.5, 0.6) is 0 Å². The summed E-state index contributed by atoms with van der Waals surface area (Å²) in [7, 11) is 0. The normalized spacial score (nSPS) is 17.6. The minimum absolute atomic E-state index is 0.000650. The van der Waals surface area contributed by atoms with Crippen LogP contribution in [-0.2, 0) is 11.3 Å². The molecule has 1 aliphatic rings. The molecule has 0 spiro atoms. The maximum absolute atomic E-state index is 13.7. The quantitative estimate of drug-likeness (QED) is 0.835. The molecule has 1 saturated heterocycles. The van der Waals surface area contributed by atoms with Crippen molar-refractivity contribution in [2.24, 2.45) is 0 Å². The Labute approximate surface area is 146 Å². The minimum Gasteiger partial charge on any atom is -0.372 e. The number of ether oxygens (including phenoxy) is 1. The Morgan fingerprint density at radius 2 is 2.00 bits per heavy atom. The average molecular weight is 345 g/mol. The van der Waals surface area contributed by atoms with Gasteiger partial charge in [0.1, 0.15) is 0 Å². The second kappa shape index (κ2) is 7.74. The molecule has 0 aliphatic carbocycles. The monoisotopic (exact) mass is 345 g/mol. The molecule has 1 aliphatic heterocycles. The number of carbonyl (C=O) groups is 1. The van der Waals surface area contributed by atoms with Crippen LogP contribution in [-0.4, -0.2) is 30.0 Å². The zero-order valence-electron chi connectivity index (χ0n) is 14.2. The summed E-state index contributed by atoms with van der Waals surface area (Å²) in [5, 5.41) is 0. The summed E-state index contributed by atoms with van der Waals surface area (Å²) in [6.45, 7) is 3.06. The number of rotatable bonds is 4. The molecule has 2 aromatic rings. The molecular weight excluding hydrogens is 324 g/mol. The SMILES string of the molecule is Cc1ccccc1C(=O)N1CCCC(OCc2cccc(F)c2F)C1. The molecule has 0 saturated carbocycles. The number of hydrogen-bond donors (Lipinski definition) is 0. The molecule has 0 radical (unpaired) electrons. The first-order chi connectivity index (χ1) is 12.1. The van der Waals surface area contributed by atoms with Gasteiger partial charge in [-0.3, -0.25) is 4.79 Å². The number of piperidine rings is 1. The van der Waals surface area contributed by atoms with Crippen LogP contribution in [0.15, 0.2) is 42.5 Å². The molecular formula is C20H21F2NO2. The zero-order chi connectivity index (χ0) is 17.8. The second-order valence-electron chi connectivity index (χ2n) is 6.35. The van der Waals surface area contributed by atoms with Gasteiger partial charge in [0.25, 0.3) is 5.91 Å². The number of likely N-dealkylation sites (tertiary alicyclic amines) is 1. The Morgan fingerprint density at radius 3 is 2.80 bits per heavy atom. The van der Waals surface area contributed by atoms with E-state index in [4.69, 9.17) is 4.74 Å². The van der Waals surface area contributed by atoms with Crippen molar-refractivity contribution in [2.75, 3.05) is 13.1 Å². The molecule has 0 N–H and O–H groups in total. The van der Waals surface area contributed by atoms with Crippen molar-refractivity contribution >= 4 is 5.91 Å². The molecule has 2 aromatic carbocycles. The fourth-order valence-electron chi connectivity index (χ4n) is 3.11. The van der Waals surface area contributed by atoms with Gasteiger partial charge >= 0.3 is 0 Å². The molecule has 1 amide bonds. The van der Waals surface area contributed by atoms with Gasteiger partial charge in [0.05, 0.1) is 12.7 Å². The Morgan fingerprint density at radius 1 is 1.20 bits per heavy atom. The summed E-state index contributed by atoms with van der Waals surface area (Å²) in [5.74, 6) is -1.75. The van der Waals surface area contributed by atoms with E-state index in [0.717, 1.165) is 24.5 Å². The topological polar surface area (TPSA) is 29.5 Å². The van der Waals surface area contributed by atoms with Gasteiger partial charge in [-0.2, -0.15) is 0 Å². The highest BCUT2D eigenvalue weighted by molar-refractivity contribution is 5.95. The van der Waals surface area contributed by atoms with Crippen molar-refractivity contribution in [3.05, 3.63) is 70.8 Å². The first kappa shape index (κ1) is 17.5. The first-order valence-corrected chi connectivity index (χ1v) is 8.45. The highest BCUT2D eigenvalue weighted by atomic mass is 19.2. The standard InChI is InChI=1S/C20H21F2NO2/c1-14-6-2-3-9-17(14)20(24)23-11-5-8-16(12-23)25-13-15-7-4-10-18(21)19(15)22/h2-4,6-7,9-10,16H,5,8,11-13H2,1H3. The molecule has 3 nitrogen and oxygen atoms in total. The average Bonchev–Trinajstić information content (AvgIpc) is 2.63. The summed E-state index contributed by atoms with van der Waals surface area (Å²) in [6.07, 6.45) is 1.45. The Balaban J connectivity index is 1.62. The van der Waals surface area contributed by atoms with Crippen LogP contribution >= 0.6 is 0 Å². The molecule has 5 heteroatoms. The van der Waals surface area contributed by atoms with Crippen LogP contribution in [0.25, 0.3) is 0 Å². The summed E-state index contributed by atoms with van der Waals surface area (Å²) in [4.78, 5) is 14.5. The lowest BCUT2D eigenvalue weighted by molar-refractivity contribution is -0.00779. The van der Waals surface area contributed by atoms with E-state index in [1.807, 2.05) is 31.2 Å². The van der Waals surface area contributed by atoms with Crippen LogP contribution < -0.4 is 0 Å². The molecule has 0 aromatic heterocycles. The highest BCUT2D eigenvalue weighted by Gasteiger charge is 2.26. The number of aryl methyl sites for hydroxylation is 1. The fraction of sp³-hybridized carbons (Fsp3) is 0.350. The smallest absolute Gasteiger partial charge is 0.254 e. The maximum Gasteiger partial charge on any atom is 0.254 e. The van der Waals surface area contributed by atoms with Gasteiger partial charge in [0, 0.05) is 24.2 Å². The molecule has 1 unspecified atom stereocenters. The van der Waals surface area contributed by atoms with E-state index < -0.39 is 11.6 Å². The van der Waals surface area contributed by atoms with Gasteiger partial charge in [-0.15, -0.1) is 0 Å².